The van der Waals surface area contributed by atoms with E-state index < -0.39 is 0 Å². The van der Waals surface area contributed by atoms with Crippen LogP contribution in [0.25, 0.3) is 0 Å². The van der Waals surface area contributed by atoms with Crippen LogP contribution in [0.2, 0.25) is 0 Å². The van der Waals surface area contributed by atoms with Crippen LogP contribution < -0.4 is 10.1 Å². The predicted octanol–water partition coefficient (Wildman–Crippen LogP) is 3.54. The summed E-state index contributed by atoms with van der Waals surface area (Å²) in [7, 11) is 1.71. The van der Waals surface area contributed by atoms with Gasteiger partial charge in [-0.25, -0.2) is 0 Å². The quantitative estimate of drug-likeness (QED) is 0.600. The highest BCUT2D eigenvalue weighted by Crippen LogP contribution is 2.36. The fourth-order valence-electron chi connectivity index (χ4n) is 4.09. The van der Waals surface area contributed by atoms with Gasteiger partial charge in [0.15, 0.2) is 5.96 Å². The Morgan fingerprint density at radius 1 is 1.25 bits per heavy atom. The van der Waals surface area contributed by atoms with Crippen LogP contribution >= 0.6 is 11.8 Å². The summed E-state index contributed by atoms with van der Waals surface area (Å²) in [4.78, 5) is 7.58. The number of hydrogen-bond acceptors (Lipinski definition) is 4. The smallest absolute Gasteiger partial charge is 0.194 e. The highest BCUT2D eigenvalue weighted by atomic mass is 32.2. The molecule has 2 heterocycles. The first kappa shape index (κ1) is 21.3. The molecule has 156 valence electrons. The lowest BCUT2D eigenvalue weighted by atomic mass is 9.74. The Balaban J connectivity index is 1.83. The van der Waals surface area contributed by atoms with Crippen LogP contribution in [-0.2, 0) is 10.2 Å². The van der Waals surface area contributed by atoms with Crippen molar-refractivity contribution >= 4 is 17.7 Å². The summed E-state index contributed by atoms with van der Waals surface area (Å²) < 4.78 is 11.3. The van der Waals surface area contributed by atoms with Gasteiger partial charge in [0.1, 0.15) is 5.75 Å². The number of aliphatic imine (C=N–C) groups is 1. The van der Waals surface area contributed by atoms with E-state index in [1.807, 2.05) is 0 Å². The second-order valence-corrected chi connectivity index (χ2v) is 10.1. The number of nitrogens with one attached hydrogen (secondary N) is 1. The number of guanidine groups is 1. The first-order valence-corrected chi connectivity index (χ1v) is 11.4. The molecule has 0 unspecified atom stereocenters. The first-order chi connectivity index (χ1) is 13.5. The van der Waals surface area contributed by atoms with E-state index in [9.17, 15) is 0 Å². The number of rotatable bonds is 5. The molecule has 2 fully saturated rings. The molecule has 2 aliphatic rings. The van der Waals surface area contributed by atoms with E-state index in [0.717, 1.165) is 69.7 Å². The van der Waals surface area contributed by atoms with Crippen LogP contribution in [0.4, 0.5) is 0 Å². The minimum absolute atomic E-state index is 0.0330. The Morgan fingerprint density at radius 3 is 2.57 bits per heavy atom. The van der Waals surface area contributed by atoms with Gasteiger partial charge >= 0.3 is 0 Å². The molecule has 0 bridgehead atoms. The van der Waals surface area contributed by atoms with Gasteiger partial charge in [0.05, 0.1) is 13.7 Å². The van der Waals surface area contributed by atoms with Crippen LogP contribution in [0.3, 0.4) is 0 Å². The summed E-state index contributed by atoms with van der Waals surface area (Å²) in [6.07, 6.45) is 2.01. The van der Waals surface area contributed by atoms with Gasteiger partial charge in [-0.05, 0) is 51.3 Å². The van der Waals surface area contributed by atoms with Crippen molar-refractivity contribution in [3.8, 4) is 5.75 Å². The first-order valence-electron chi connectivity index (χ1n) is 10.4. The molecule has 2 saturated heterocycles. The Bertz CT molecular complexity index is 654. The number of hydrogen-bond donors (Lipinski definition) is 1. The van der Waals surface area contributed by atoms with Crippen molar-refractivity contribution in [2.24, 2.45) is 4.99 Å². The van der Waals surface area contributed by atoms with Gasteiger partial charge in [0.25, 0.3) is 0 Å². The summed E-state index contributed by atoms with van der Waals surface area (Å²) in [5.41, 5.74) is 1.37. The standard InChI is InChI=1S/C22H35N3O2S/c1-5-23-20(25-12-15-28-21(2,3)17-25)24-16-22(10-13-27-14-11-22)18-6-8-19(26-4)9-7-18/h6-9H,5,10-17H2,1-4H3,(H,23,24). The molecule has 1 N–H and O–H groups in total. The van der Waals surface area contributed by atoms with Gasteiger partial charge in [0.2, 0.25) is 0 Å². The van der Waals surface area contributed by atoms with Crippen LogP contribution in [0.5, 0.6) is 5.75 Å². The second kappa shape index (κ2) is 9.40. The summed E-state index contributed by atoms with van der Waals surface area (Å²) >= 11 is 2.05. The minimum atomic E-state index is 0.0330. The molecule has 28 heavy (non-hydrogen) atoms. The van der Waals surface area contributed by atoms with Crippen LogP contribution in [0.1, 0.15) is 39.2 Å². The molecule has 0 aliphatic carbocycles. The van der Waals surface area contributed by atoms with E-state index in [1.54, 1.807) is 7.11 Å². The molecule has 0 spiro atoms. The molecule has 6 heteroatoms. The average molecular weight is 406 g/mol. The van der Waals surface area contributed by atoms with Gasteiger partial charge in [-0.2, -0.15) is 11.8 Å². The SMILES string of the molecule is CCNC(=NCC1(c2ccc(OC)cc2)CCOCC1)N1CCSC(C)(C)C1. The van der Waals surface area contributed by atoms with Gasteiger partial charge in [-0.1, -0.05) is 12.1 Å². The molecule has 5 nitrogen and oxygen atoms in total. The topological polar surface area (TPSA) is 46.1 Å². The number of ether oxygens (including phenoxy) is 2. The van der Waals surface area contributed by atoms with Crippen molar-refractivity contribution < 1.29 is 9.47 Å². The third kappa shape index (κ3) is 5.15. The maximum Gasteiger partial charge on any atom is 0.194 e. The summed E-state index contributed by atoms with van der Waals surface area (Å²) in [6.45, 7) is 12.1. The lowest BCUT2D eigenvalue weighted by Crippen LogP contribution is -2.51. The van der Waals surface area contributed by atoms with Crippen molar-refractivity contribution in [3.05, 3.63) is 29.8 Å². The number of nitrogens with zero attached hydrogens (tertiary/aromatic N) is 2. The van der Waals surface area contributed by atoms with Crippen LogP contribution in [0, 0.1) is 0 Å². The zero-order valence-electron chi connectivity index (χ0n) is 17.8. The zero-order chi connectivity index (χ0) is 20.0. The van der Waals surface area contributed by atoms with Crippen molar-refractivity contribution in [2.75, 3.05) is 52.3 Å². The predicted molar refractivity (Wildman–Crippen MR) is 119 cm³/mol. The largest absolute Gasteiger partial charge is 0.497 e. The van der Waals surface area contributed by atoms with E-state index in [-0.39, 0.29) is 10.2 Å². The molecular weight excluding hydrogens is 370 g/mol. The fraction of sp³-hybridized carbons (Fsp3) is 0.682. The van der Waals surface area contributed by atoms with Crippen molar-refractivity contribution in [1.29, 1.82) is 0 Å². The Kier molecular flexibility index (Phi) is 7.15. The lowest BCUT2D eigenvalue weighted by Gasteiger charge is -2.40. The normalized spacial score (nSPS) is 22.0. The van der Waals surface area contributed by atoms with E-state index in [4.69, 9.17) is 14.5 Å². The monoisotopic (exact) mass is 405 g/mol. The molecule has 0 amide bonds. The second-order valence-electron chi connectivity index (χ2n) is 8.32. The van der Waals surface area contributed by atoms with E-state index in [2.05, 4.69) is 67.0 Å². The van der Waals surface area contributed by atoms with E-state index in [0.29, 0.717) is 0 Å². The molecular formula is C22H35N3O2S. The summed E-state index contributed by atoms with van der Waals surface area (Å²) in [5.74, 6) is 3.10. The third-order valence-electron chi connectivity index (χ3n) is 5.74. The minimum Gasteiger partial charge on any atom is -0.497 e. The molecule has 3 rings (SSSR count). The Hall–Kier alpha value is -1.40. The Morgan fingerprint density at radius 2 is 1.96 bits per heavy atom. The van der Waals surface area contributed by atoms with Crippen LogP contribution in [0.15, 0.2) is 29.3 Å². The molecule has 0 radical (unpaired) electrons. The molecule has 0 aromatic heterocycles. The average Bonchev–Trinajstić information content (AvgIpc) is 2.71. The molecule has 1 aromatic rings. The van der Waals surface area contributed by atoms with E-state index >= 15 is 0 Å². The van der Waals surface area contributed by atoms with Gasteiger partial charge in [-0.15, -0.1) is 0 Å². The maximum absolute atomic E-state index is 5.69. The highest BCUT2D eigenvalue weighted by molar-refractivity contribution is 8.00. The molecule has 2 aliphatic heterocycles. The third-order valence-corrected chi connectivity index (χ3v) is 7.04. The van der Waals surface area contributed by atoms with Gasteiger partial charge < -0.3 is 19.7 Å². The Labute approximate surface area is 174 Å². The highest BCUT2D eigenvalue weighted by Gasteiger charge is 2.35. The lowest BCUT2D eigenvalue weighted by molar-refractivity contribution is 0.0530. The summed E-state index contributed by atoms with van der Waals surface area (Å²) in [5, 5.41) is 3.53. The molecule has 0 saturated carbocycles. The zero-order valence-corrected chi connectivity index (χ0v) is 18.6. The van der Waals surface area contributed by atoms with Crippen molar-refractivity contribution in [2.45, 2.75) is 43.8 Å². The number of methoxy groups -OCH3 is 1. The van der Waals surface area contributed by atoms with Gasteiger partial charge in [0, 0.05) is 48.8 Å². The van der Waals surface area contributed by atoms with E-state index in [1.165, 1.54) is 5.56 Å². The summed E-state index contributed by atoms with van der Waals surface area (Å²) in [6, 6.07) is 8.53. The molecule has 1 aromatic carbocycles. The van der Waals surface area contributed by atoms with Crippen molar-refractivity contribution in [3.63, 3.8) is 0 Å². The molecule has 0 atom stereocenters. The van der Waals surface area contributed by atoms with Gasteiger partial charge in [-0.3, -0.25) is 4.99 Å². The van der Waals surface area contributed by atoms with Crippen molar-refractivity contribution in [1.82, 2.24) is 10.2 Å². The maximum atomic E-state index is 5.69. The number of benzene rings is 1. The fourth-order valence-corrected chi connectivity index (χ4v) is 5.21. The van der Waals surface area contributed by atoms with Crippen LogP contribution in [-0.4, -0.2) is 67.9 Å². The number of thioether (sulfide) groups is 1.